The van der Waals surface area contributed by atoms with Gasteiger partial charge in [0, 0.05) is 10.6 Å². The van der Waals surface area contributed by atoms with Gasteiger partial charge in [0.2, 0.25) is 5.78 Å². The van der Waals surface area contributed by atoms with Crippen molar-refractivity contribution in [1.29, 1.82) is 0 Å². The Morgan fingerprint density at radius 2 is 1.90 bits per heavy atom. The van der Waals surface area contributed by atoms with Crippen molar-refractivity contribution in [3.63, 3.8) is 0 Å². The van der Waals surface area contributed by atoms with E-state index in [9.17, 15) is 4.79 Å². The van der Waals surface area contributed by atoms with Crippen LogP contribution < -0.4 is 5.73 Å². The molecule has 0 unspecified atom stereocenters. The summed E-state index contributed by atoms with van der Waals surface area (Å²) in [5, 5.41) is 0. The molecule has 1 aliphatic rings. The van der Waals surface area contributed by atoms with Gasteiger partial charge in [-0.3, -0.25) is 4.79 Å². The highest BCUT2D eigenvalue weighted by Crippen LogP contribution is 2.44. The number of Topliss-reactive ketones (excluding diaryl/α,β-unsaturated/α-hetero) is 1. The Bertz CT molecular complexity index is 719. The summed E-state index contributed by atoms with van der Waals surface area (Å²) in [6.07, 6.45) is 3.87. The van der Waals surface area contributed by atoms with Gasteiger partial charge in [-0.1, -0.05) is 61.5 Å². The summed E-state index contributed by atoms with van der Waals surface area (Å²) in [5.74, 6) is 0.0503. The second-order valence-corrected chi connectivity index (χ2v) is 6.20. The molecule has 0 amide bonds. The van der Waals surface area contributed by atoms with E-state index in [2.05, 4.69) is 6.92 Å². The van der Waals surface area contributed by atoms with Gasteiger partial charge < -0.3 is 5.73 Å². The molecule has 2 N–H and O–H groups in total. The van der Waals surface area contributed by atoms with Gasteiger partial charge in [-0.2, -0.15) is 0 Å². The minimum absolute atomic E-state index is 0.0503. The normalized spacial score (nSPS) is 15.5. The van der Waals surface area contributed by atoms with E-state index in [0.29, 0.717) is 11.3 Å². The minimum Gasteiger partial charge on any atom is -0.398 e. The van der Waals surface area contributed by atoms with Crippen LogP contribution in [0.5, 0.6) is 0 Å². The number of carbonyl (C=O) groups is 1. The van der Waals surface area contributed by atoms with Gasteiger partial charge >= 0.3 is 0 Å². The molecule has 1 heterocycles. The molecule has 0 saturated carbocycles. The van der Waals surface area contributed by atoms with E-state index in [4.69, 9.17) is 5.73 Å². The number of thioether (sulfide) groups is 1. The summed E-state index contributed by atoms with van der Waals surface area (Å²) >= 11 is 1.51. The molecule has 2 aromatic rings. The molecule has 0 aromatic heterocycles. The third kappa shape index (κ3) is 2.61. The maximum atomic E-state index is 12.6. The zero-order chi connectivity index (χ0) is 14.8. The third-order valence-electron chi connectivity index (χ3n) is 3.59. The van der Waals surface area contributed by atoms with E-state index < -0.39 is 0 Å². The number of nitrogen functional groups attached to an aromatic ring is 1. The molecule has 3 heteroatoms. The SMILES string of the molecule is CCCc1ccc2c(c1N)C(=O)C(=Cc1ccccc1)S2. The first-order valence-electron chi connectivity index (χ1n) is 7.11. The summed E-state index contributed by atoms with van der Waals surface area (Å²) in [6.45, 7) is 2.12. The molecule has 0 bridgehead atoms. The highest BCUT2D eigenvalue weighted by molar-refractivity contribution is 8.04. The fourth-order valence-corrected chi connectivity index (χ4v) is 3.60. The first kappa shape index (κ1) is 14.0. The van der Waals surface area contributed by atoms with Crippen LogP contribution in [0.1, 0.15) is 34.8 Å². The van der Waals surface area contributed by atoms with Crippen LogP contribution >= 0.6 is 11.8 Å². The largest absolute Gasteiger partial charge is 0.398 e. The Kier molecular flexibility index (Phi) is 3.84. The number of hydrogen-bond acceptors (Lipinski definition) is 3. The monoisotopic (exact) mass is 295 g/mol. The molecule has 1 aliphatic heterocycles. The smallest absolute Gasteiger partial charge is 0.202 e. The molecule has 0 atom stereocenters. The maximum Gasteiger partial charge on any atom is 0.202 e. The first-order chi connectivity index (χ1) is 10.2. The van der Waals surface area contributed by atoms with E-state index in [1.54, 1.807) is 0 Å². The fourth-order valence-electron chi connectivity index (χ4n) is 2.53. The van der Waals surface area contributed by atoms with Crippen LogP contribution in [0.2, 0.25) is 0 Å². The van der Waals surface area contributed by atoms with Crippen molar-refractivity contribution in [1.82, 2.24) is 0 Å². The molecule has 106 valence electrons. The Hall–Kier alpha value is -2.00. The topological polar surface area (TPSA) is 43.1 Å². The molecule has 0 radical (unpaired) electrons. The standard InChI is InChI=1S/C18H17NOS/c1-2-6-13-9-10-14-16(17(13)19)18(20)15(21-14)11-12-7-4-3-5-8-12/h3-5,7-11H,2,6,19H2,1H3. The van der Waals surface area contributed by atoms with Crippen LogP contribution in [0.25, 0.3) is 6.08 Å². The van der Waals surface area contributed by atoms with Crippen LogP contribution in [-0.2, 0) is 6.42 Å². The van der Waals surface area contributed by atoms with E-state index >= 15 is 0 Å². The fraction of sp³-hybridized carbons (Fsp3) is 0.167. The molecule has 2 nitrogen and oxygen atoms in total. The van der Waals surface area contributed by atoms with E-state index in [-0.39, 0.29) is 5.78 Å². The van der Waals surface area contributed by atoms with E-state index in [1.807, 2.05) is 48.5 Å². The van der Waals surface area contributed by atoms with Gasteiger partial charge in [0.05, 0.1) is 10.5 Å². The molecule has 0 fully saturated rings. The quantitative estimate of drug-likeness (QED) is 0.667. The highest BCUT2D eigenvalue weighted by atomic mass is 32.2. The lowest BCUT2D eigenvalue weighted by molar-refractivity contribution is 0.104. The summed E-state index contributed by atoms with van der Waals surface area (Å²) in [5.41, 5.74) is 9.66. The lowest BCUT2D eigenvalue weighted by Crippen LogP contribution is -2.04. The Morgan fingerprint density at radius 1 is 1.14 bits per heavy atom. The maximum absolute atomic E-state index is 12.6. The first-order valence-corrected chi connectivity index (χ1v) is 7.93. The molecule has 2 aromatic carbocycles. The van der Waals surface area contributed by atoms with E-state index in [1.165, 1.54) is 11.8 Å². The number of hydrogen-bond donors (Lipinski definition) is 1. The third-order valence-corrected chi connectivity index (χ3v) is 4.67. The molecule has 21 heavy (non-hydrogen) atoms. The number of aryl methyl sites for hydroxylation is 1. The number of ketones is 1. The lowest BCUT2D eigenvalue weighted by atomic mass is 10.0. The number of nitrogens with two attached hydrogens (primary N) is 1. The van der Waals surface area contributed by atoms with Crippen molar-refractivity contribution >= 4 is 29.3 Å². The highest BCUT2D eigenvalue weighted by Gasteiger charge is 2.29. The van der Waals surface area contributed by atoms with Crippen molar-refractivity contribution in [2.24, 2.45) is 0 Å². The average molecular weight is 295 g/mol. The number of fused-ring (bicyclic) bond motifs is 1. The second kappa shape index (κ2) is 5.78. The lowest BCUT2D eigenvalue weighted by Gasteiger charge is -2.07. The average Bonchev–Trinajstić information content (AvgIpc) is 2.80. The van der Waals surface area contributed by atoms with Gasteiger partial charge in [-0.05, 0) is 29.7 Å². The van der Waals surface area contributed by atoms with Crippen LogP contribution in [0, 0.1) is 0 Å². The summed E-state index contributed by atoms with van der Waals surface area (Å²) < 4.78 is 0. The zero-order valence-corrected chi connectivity index (χ0v) is 12.7. The van der Waals surface area contributed by atoms with Gasteiger partial charge in [0.1, 0.15) is 0 Å². The van der Waals surface area contributed by atoms with Crippen LogP contribution in [0.4, 0.5) is 5.69 Å². The van der Waals surface area contributed by atoms with Crippen molar-refractivity contribution in [2.75, 3.05) is 5.73 Å². The van der Waals surface area contributed by atoms with Crippen LogP contribution in [-0.4, -0.2) is 5.78 Å². The molecule has 3 rings (SSSR count). The molecule has 0 saturated heterocycles. The number of carbonyl (C=O) groups excluding carboxylic acids is 1. The van der Waals surface area contributed by atoms with Gasteiger partial charge in [-0.15, -0.1) is 0 Å². The predicted octanol–water partition coefficient (Wildman–Crippen LogP) is 4.55. The number of rotatable bonds is 3. The minimum atomic E-state index is 0.0503. The molecule has 0 aliphatic carbocycles. The summed E-state index contributed by atoms with van der Waals surface area (Å²) in [7, 11) is 0. The van der Waals surface area contributed by atoms with Crippen molar-refractivity contribution in [3.8, 4) is 0 Å². The number of benzene rings is 2. The van der Waals surface area contributed by atoms with Crippen molar-refractivity contribution in [3.05, 3.63) is 64.1 Å². The molecular formula is C18H17NOS. The number of allylic oxidation sites excluding steroid dienone is 1. The molecular weight excluding hydrogens is 278 g/mol. The zero-order valence-electron chi connectivity index (χ0n) is 11.9. The summed E-state index contributed by atoms with van der Waals surface area (Å²) in [4.78, 5) is 14.3. The summed E-state index contributed by atoms with van der Waals surface area (Å²) in [6, 6.07) is 14.0. The van der Waals surface area contributed by atoms with Crippen LogP contribution in [0.15, 0.2) is 52.3 Å². The number of anilines is 1. The Balaban J connectivity index is 2.00. The van der Waals surface area contributed by atoms with E-state index in [0.717, 1.165) is 33.8 Å². The van der Waals surface area contributed by atoms with Crippen LogP contribution in [0.3, 0.4) is 0 Å². The molecule has 0 spiro atoms. The van der Waals surface area contributed by atoms with Crippen molar-refractivity contribution in [2.45, 2.75) is 24.7 Å². The second-order valence-electron chi connectivity index (χ2n) is 5.11. The Morgan fingerprint density at radius 3 is 2.62 bits per heavy atom. The Labute approximate surface area is 129 Å². The van der Waals surface area contributed by atoms with Gasteiger partial charge in [0.15, 0.2) is 0 Å². The predicted molar refractivity (Wildman–Crippen MR) is 89.5 cm³/mol. The van der Waals surface area contributed by atoms with Crippen molar-refractivity contribution < 1.29 is 4.79 Å². The van der Waals surface area contributed by atoms with Gasteiger partial charge in [0.25, 0.3) is 0 Å². The van der Waals surface area contributed by atoms with Gasteiger partial charge in [-0.25, -0.2) is 0 Å².